The molecule has 0 saturated carbocycles. The van der Waals surface area contributed by atoms with Crippen LogP contribution in [0.15, 0.2) is 35.5 Å². The van der Waals surface area contributed by atoms with E-state index >= 15 is 0 Å². The summed E-state index contributed by atoms with van der Waals surface area (Å²) < 4.78 is 1.74. The molecule has 8 nitrogen and oxygen atoms in total. The maximum atomic E-state index is 13.1. The molecule has 2 saturated heterocycles. The lowest BCUT2D eigenvalue weighted by atomic mass is 10.0. The van der Waals surface area contributed by atoms with E-state index in [1.54, 1.807) is 23.0 Å². The van der Waals surface area contributed by atoms with E-state index in [4.69, 9.17) is 0 Å². The predicted octanol–water partition coefficient (Wildman–Crippen LogP) is 1.27. The summed E-state index contributed by atoms with van der Waals surface area (Å²) in [5, 5.41) is 6.40. The molecule has 154 valence electrons. The monoisotopic (exact) mass is 396 g/mol. The molecule has 2 aliphatic rings. The minimum Gasteiger partial charge on any atom is -0.347 e. The van der Waals surface area contributed by atoms with Gasteiger partial charge in [0.15, 0.2) is 0 Å². The highest BCUT2D eigenvalue weighted by molar-refractivity contribution is 5.95. The fourth-order valence-electron chi connectivity index (χ4n) is 4.28. The molecule has 0 aromatic carbocycles. The molecule has 2 aliphatic heterocycles. The number of aryl methyl sites for hydroxylation is 1. The van der Waals surface area contributed by atoms with Crippen molar-refractivity contribution in [3.63, 3.8) is 0 Å². The van der Waals surface area contributed by atoms with Gasteiger partial charge in [-0.2, -0.15) is 0 Å². The zero-order valence-electron chi connectivity index (χ0n) is 16.8. The molecule has 0 aliphatic carbocycles. The zero-order valence-corrected chi connectivity index (χ0v) is 16.8. The topological polar surface area (TPSA) is 92.2 Å². The maximum absolute atomic E-state index is 13.1. The summed E-state index contributed by atoms with van der Waals surface area (Å²) in [6, 6.07) is 3.78. The second kappa shape index (κ2) is 8.73. The number of aromatic nitrogens is 3. The number of piperidine rings is 2. The van der Waals surface area contributed by atoms with Crippen molar-refractivity contribution in [1.82, 2.24) is 25.2 Å². The van der Waals surface area contributed by atoms with E-state index in [9.17, 15) is 9.59 Å². The van der Waals surface area contributed by atoms with E-state index in [1.807, 2.05) is 19.2 Å². The average molecular weight is 396 g/mol. The summed E-state index contributed by atoms with van der Waals surface area (Å²) in [4.78, 5) is 36.9. The van der Waals surface area contributed by atoms with Gasteiger partial charge in [-0.25, -0.2) is 9.97 Å². The van der Waals surface area contributed by atoms with E-state index in [0.717, 1.165) is 50.9 Å². The number of hydrogen-bond donors (Lipinski definition) is 2. The SMILES string of the molecule is Cc1ccn(C2CCNCC2)c(=O)c1C(=O)NC1CCCN(c2ncccn2)C1. The highest BCUT2D eigenvalue weighted by Crippen LogP contribution is 2.18. The van der Waals surface area contributed by atoms with Crippen LogP contribution >= 0.6 is 0 Å². The van der Waals surface area contributed by atoms with Crippen LogP contribution in [-0.2, 0) is 0 Å². The number of carbonyl (C=O) groups excluding carboxylic acids is 1. The number of carbonyl (C=O) groups is 1. The molecule has 2 aromatic rings. The van der Waals surface area contributed by atoms with Gasteiger partial charge in [-0.15, -0.1) is 0 Å². The first kappa shape index (κ1) is 19.6. The molecular formula is C21H28N6O2. The number of nitrogens with zero attached hydrogens (tertiary/aromatic N) is 4. The van der Waals surface area contributed by atoms with Crippen LogP contribution in [0.4, 0.5) is 5.95 Å². The summed E-state index contributed by atoms with van der Waals surface area (Å²) in [7, 11) is 0. The van der Waals surface area contributed by atoms with E-state index in [2.05, 4.69) is 25.5 Å². The lowest BCUT2D eigenvalue weighted by Gasteiger charge is -2.33. The normalized spacial score (nSPS) is 20.4. The first-order valence-electron chi connectivity index (χ1n) is 10.4. The highest BCUT2D eigenvalue weighted by Gasteiger charge is 2.26. The van der Waals surface area contributed by atoms with Crippen LogP contribution in [0.2, 0.25) is 0 Å². The molecule has 0 bridgehead atoms. The molecule has 2 fully saturated rings. The Hall–Kier alpha value is -2.74. The first-order chi connectivity index (χ1) is 14.1. The number of hydrogen-bond acceptors (Lipinski definition) is 6. The molecule has 4 rings (SSSR count). The van der Waals surface area contributed by atoms with Gasteiger partial charge in [0.2, 0.25) is 5.95 Å². The van der Waals surface area contributed by atoms with Crippen LogP contribution in [0, 0.1) is 6.92 Å². The lowest BCUT2D eigenvalue weighted by Crippen LogP contribution is -2.49. The third-order valence-corrected chi connectivity index (χ3v) is 5.85. The molecule has 2 N–H and O–H groups in total. The number of rotatable bonds is 4. The minimum atomic E-state index is -0.281. The Balaban J connectivity index is 1.50. The van der Waals surface area contributed by atoms with Crippen LogP contribution in [-0.4, -0.2) is 52.7 Å². The average Bonchev–Trinajstić information content (AvgIpc) is 2.75. The van der Waals surface area contributed by atoms with Crippen LogP contribution in [0.5, 0.6) is 0 Å². The van der Waals surface area contributed by atoms with Gasteiger partial charge >= 0.3 is 0 Å². The third kappa shape index (κ3) is 4.32. The molecule has 0 spiro atoms. The molecule has 1 unspecified atom stereocenters. The molecule has 2 aromatic heterocycles. The summed E-state index contributed by atoms with van der Waals surface area (Å²) in [5.74, 6) is 0.396. The quantitative estimate of drug-likeness (QED) is 0.809. The van der Waals surface area contributed by atoms with Gasteiger partial charge in [0, 0.05) is 43.8 Å². The summed E-state index contributed by atoms with van der Waals surface area (Å²) in [6.45, 7) is 5.12. The maximum Gasteiger partial charge on any atom is 0.263 e. The second-order valence-corrected chi connectivity index (χ2v) is 7.87. The van der Waals surface area contributed by atoms with Crippen LogP contribution in [0.25, 0.3) is 0 Å². The van der Waals surface area contributed by atoms with Crippen LogP contribution in [0.3, 0.4) is 0 Å². The molecule has 8 heteroatoms. The van der Waals surface area contributed by atoms with Gasteiger partial charge in [0.1, 0.15) is 5.56 Å². The van der Waals surface area contributed by atoms with E-state index in [0.29, 0.717) is 12.5 Å². The van der Waals surface area contributed by atoms with Gasteiger partial charge in [-0.05, 0) is 63.4 Å². The minimum absolute atomic E-state index is 0.0357. The standard InChI is InChI=1S/C21H28N6O2/c1-15-7-13-27(17-5-10-22-11-6-17)20(29)18(15)19(28)25-16-4-2-12-26(14-16)21-23-8-3-9-24-21/h3,7-9,13,16-17,22H,2,4-6,10-12,14H2,1H3,(H,25,28). The van der Waals surface area contributed by atoms with Crippen LogP contribution in [0.1, 0.15) is 47.6 Å². The number of nitrogens with one attached hydrogen (secondary N) is 2. The smallest absolute Gasteiger partial charge is 0.263 e. The summed E-state index contributed by atoms with van der Waals surface area (Å²) >= 11 is 0. The Morgan fingerprint density at radius 1 is 1.21 bits per heavy atom. The molecule has 0 radical (unpaired) electrons. The number of pyridine rings is 1. The van der Waals surface area contributed by atoms with E-state index in [-0.39, 0.29) is 29.1 Å². The van der Waals surface area contributed by atoms with Crippen molar-refractivity contribution in [2.45, 2.75) is 44.7 Å². The summed E-state index contributed by atoms with van der Waals surface area (Å²) in [6.07, 6.45) is 8.90. The van der Waals surface area contributed by atoms with Gasteiger partial charge in [-0.1, -0.05) is 0 Å². The van der Waals surface area contributed by atoms with Crippen molar-refractivity contribution < 1.29 is 4.79 Å². The first-order valence-corrected chi connectivity index (χ1v) is 10.4. The summed E-state index contributed by atoms with van der Waals surface area (Å²) in [5.41, 5.74) is 0.796. The molecule has 4 heterocycles. The molecule has 1 atom stereocenters. The van der Waals surface area contributed by atoms with Crippen molar-refractivity contribution in [3.8, 4) is 0 Å². The van der Waals surface area contributed by atoms with Crippen molar-refractivity contribution >= 4 is 11.9 Å². The number of anilines is 1. The molecular weight excluding hydrogens is 368 g/mol. The number of amides is 1. The second-order valence-electron chi connectivity index (χ2n) is 7.87. The fraction of sp³-hybridized carbons (Fsp3) is 0.524. The Kier molecular flexibility index (Phi) is 5.89. The van der Waals surface area contributed by atoms with Crippen molar-refractivity contribution in [2.24, 2.45) is 0 Å². The third-order valence-electron chi connectivity index (χ3n) is 5.85. The Morgan fingerprint density at radius 3 is 2.72 bits per heavy atom. The Morgan fingerprint density at radius 2 is 1.97 bits per heavy atom. The Labute approximate surface area is 170 Å². The molecule has 1 amide bonds. The van der Waals surface area contributed by atoms with Crippen molar-refractivity contribution in [3.05, 3.63) is 52.2 Å². The van der Waals surface area contributed by atoms with Gasteiger partial charge in [0.05, 0.1) is 0 Å². The molecule has 29 heavy (non-hydrogen) atoms. The fourth-order valence-corrected chi connectivity index (χ4v) is 4.28. The Bertz CT molecular complexity index is 907. The lowest BCUT2D eigenvalue weighted by molar-refractivity contribution is 0.0930. The largest absolute Gasteiger partial charge is 0.347 e. The van der Waals surface area contributed by atoms with E-state index in [1.165, 1.54) is 0 Å². The highest BCUT2D eigenvalue weighted by atomic mass is 16.2. The van der Waals surface area contributed by atoms with Crippen LogP contribution < -0.4 is 21.1 Å². The van der Waals surface area contributed by atoms with Gasteiger partial charge < -0.3 is 20.1 Å². The predicted molar refractivity (Wildman–Crippen MR) is 111 cm³/mol. The zero-order chi connectivity index (χ0) is 20.2. The van der Waals surface area contributed by atoms with E-state index < -0.39 is 0 Å². The van der Waals surface area contributed by atoms with Crippen molar-refractivity contribution in [2.75, 3.05) is 31.1 Å². The van der Waals surface area contributed by atoms with Crippen molar-refractivity contribution in [1.29, 1.82) is 0 Å². The van der Waals surface area contributed by atoms with Gasteiger partial charge in [0.25, 0.3) is 11.5 Å². The van der Waals surface area contributed by atoms with Gasteiger partial charge in [-0.3, -0.25) is 9.59 Å².